The standard InChI is InChI=1S/C8H5N3O/c9-4-5-3-7(12)11-8-6(5)1-2-10-8/h1-3H,(H2,10,11,12). The van der Waals surface area contributed by atoms with Gasteiger partial charge in [0.2, 0.25) is 0 Å². The first-order chi connectivity index (χ1) is 5.81. The minimum Gasteiger partial charge on any atom is -0.348 e. The van der Waals surface area contributed by atoms with Crippen LogP contribution >= 0.6 is 0 Å². The van der Waals surface area contributed by atoms with Crippen molar-refractivity contribution in [3.63, 3.8) is 0 Å². The Morgan fingerprint density at radius 2 is 2.33 bits per heavy atom. The van der Waals surface area contributed by atoms with Gasteiger partial charge in [-0.2, -0.15) is 5.26 Å². The summed E-state index contributed by atoms with van der Waals surface area (Å²) in [6.07, 6.45) is 1.68. The van der Waals surface area contributed by atoms with Crippen molar-refractivity contribution in [3.05, 3.63) is 34.2 Å². The van der Waals surface area contributed by atoms with Gasteiger partial charge in [-0.3, -0.25) is 4.79 Å². The van der Waals surface area contributed by atoms with Gasteiger partial charge in [0.05, 0.1) is 5.56 Å². The van der Waals surface area contributed by atoms with E-state index in [2.05, 4.69) is 9.97 Å². The molecular weight excluding hydrogens is 154 g/mol. The van der Waals surface area contributed by atoms with E-state index in [9.17, 15) is 4.79 Å². The maximum Gasteiger partial charge on any atom is 0.250 e. The molecule has 0 fully saturated rings. The summed E-state index contributed by atoms with van der Waals surface area (Å²) in [4.78, 5) is 16.3. The number of aromatic nitrogens is 2. The normalized spacial score (nSPS) is 9.92. The van der Waals surface area contributed by atoms with Crippen LogP contribution in [0.1, 0.15) is 5.56 Å². The molecule has 4 heteroatoms. The third kappa shape index (κ3) is 0.805. The maximum absolute atomic E-state index is 10.9. The van der Waals surface area contributed by atoms with Crippen molar-refractivity contribution in [1.82, 2.24) is 9.97 Å². The molecule has 0 saturated heterocycles. The van der Waals surface area contributed by atoms with E-state index in [1.807, 2.05) is 6.07 Å². The largest absolute Gasteiger partial charge is 0.348 e. The summed E-state index contributed by atoms with van der Waals surface area (Å²) in [6, 6.07) is 5.00. The van der Waals surface area contributed by atoms with Crippen molar-refractivity contribution in [2.75, 3.05) is 0 Å². The summed E-state index contributed by atoms with van der Waals surface area (Å²) in [5, 5.41) is 9.41. The Kier molecular flexibility index (Phi) is 1.25. The number of rotatable bonds is 0. The molecule has 0 unspecified atom stereocenters. The van der Waals surface area contributed by atoms with Crippen molar-refractivity contribution in [2.45, 2.75) is 0 Å². The lowest BCUT2D eigenvalue weighted by Gasteiger charge is -1.90. The molecule has 12 heavy (non-hydrogen) atoms. The molecule has 0 atom stereocenters. The summed E-state index contributed by atoms with van der Waals surface area (Å²) in [6.45, 7) is 0. The Bertz CT molecular complexity index is 515. The molecule has 0 spiro atoms. The smallest absolute Gasteiger partial charge is 0.250 e. The summed E-state index contributed by atoms with van der Waals surface area (Å²) in [7, 11) is 0. The molecular formula is C8H5N3O. The number of hydrogen-bond acceptors (Lipinski definition) is 2. The molecule has 4 nitrogen and oxygen atoms in total. The molecule has 0 bridgehead atoms. The third-order valence-electron chi connectivity index (χ3n) is 1.68. The van der Waals surface area contributed by atoms with Gasteiger partial charge in [-0.05, 0) is 6.07 Å². The number of aromatic amines is 2. The number of H-pyrrole nitrogens is 2. The van der Waals surface area contributed by atoms with Crippen LogP contribution in [0.3, 0.4) is 0 Å². The van der Waals surface area contributed by atoms with E-state index < -0.39 is 0 Å². The first kappa shape index (κ1) is 6.68. The van der Waals surface area contributed by atoms with Gasteiger partial charge in [-0.25, -0.2) is 0 Å². The minimum atomic E-state index is -0.262. The first-order valence-corrected chi connectivity index (χ1v) is 3.42. The molecule has 0 amide bonds. The summed E-state index contributed by atoms with van der Waals surface area (Å²) in [5.74, 6) is 0. The van der Waals surface area contributed by atoms with Crippen LogP contribution in [0.5, 0.6) is 0 Å². The second-order valence-corrected chi connectivity index (χ2v) is 2.43. The topological polar surface area (TPSA) is 72.4 Å². The van der Waals surface area contributed by atoms with Gasteiger partial charge >= 0.3 is 0 Å². The highest BCUT2D eigenvalue weighted by atomic mass is 16.1. The number of fused-ring (bicyclic) bond motifs is 1. The zero-order valence-corrected chi connectivity index (χ0v) is 6.09. The molecule has 0 aliphatic carbocycles. The van der Waals surface area contributed by atoms with Gasteiger partial charge in [-0.15, -0.1) is 0 Å². The molecule has 2 aromatic heterocycles. The minimum absolute atomic E-state index is 0.262. The van der Waals surface area contributed by atoms with Gasteiger partial charge in [0.25, 0.3) is 5.56 Å². The van der Waals surface area contributed by atoms with E-state index in [1.165, 1.54) is 6.07 Å². The third-order valence-corrected chi connectivity index (χ3v) is 1.68. The fourth-order valence-electron chi connectivity index (χ4n) is 1.16. The van der Waals surface area contributed by atoms with Crippen molar-refractivity contribution in [1.29, 1.82) is 5.26 Å². The quantitative estimate of drug-likeness (QED) is 0.594. The van der Waals surface area contributed by atoms with E-state index in [1.54, 1.807) is 12.3 Å². The second kappa shape index (κ2) is 2.24. The highest BCUT2D eigenvalue weighted by Gasteiger charge is 2.01. The van der Waals surface area contributed by atoms with Crippen molar-refractivity contribution < 1.29 is 0 Å². The lowest BCUT2D eigenvalue weighted by Crippen LogP contribution is -2.04. The van der Waals surface area contributed by atoms with Gasteiger partial charge < -0.3 is 9.97 Å². The molecule has 0 aliphatic rings. The highest BCUT2D eigenvalue weighted by Crippen LogP contribution is 2.11. The van der Waals surface area contributed by atoms with Gasteiger partial charge in [-0.1, -0.05) is 0 Å². The van der Waals surface area contributed by atoms with Crippen LogP contribution in [0.2, 0.25) is 0 Å². The zero-order chi connectivity index (χ0) is 8.55. The number of nitrogens with zero attached hydrogens (tertiary/aromatic N) is 1. The monoisotopic (exact) mass is 159 g/mol. The second-order valence-electron chi connectivity index (χ2n) is 2.43. The molecule has 2 rings (SSSR count). The lowest BCUT2D eigenvalue weighted by molar-refractivity contribution is 1.25. The Labute approximate surface area is 67.5 Å². The zero-order valence-electron chi connectivity index (χ0n) is 6.09. The fourth-order valence-corrected chi connectivity index (χ4v) is 1.16. The van der Waals surface area contributed by atoms with E-state index in [0.717, 1.165) is 5.39 Å². The molecule has 0 aliphatic heterocycles. The molecule has 0 aromatic carbocycles. The average Bonchev–Trinajstić information content (AvgIpc) is 2.50. The summed E-state index contributed by atoms with van der Waals surface area (Å²) in [5.41, 5.74) is 0.732. The summed E-state index contributed by atoms with van der Waals surface area (Å²) >= 11 is 0. The maximum atomic E-state index is 10.9. The van der Waals surface area contributed by atoms with Crippen LogP contribution in [0, 0.1) is 11.3 Å². The fraction of sp³-hybridized carbons (Fsp3) is 0. The van der Waals surface area contributed by atoms with Crippen LogP contribution in [0.25, 0.3) is 11.0 Å². The number of nitriles is 1. The number of pyridine rings is 1. The first-order valence-electron chi connectivity index (χ1n) is 3.42. The number of nitrogens with one attached hydrogen (secondary N) is 2. The Morgan fingerprint density at radius 3 is 3.08 bits per heavy atom. The average molecular weight is 159 g/mol. The molecule has 0 radical (unpaired) electrons. The Hall–Kier alpha value is -2.02. The molecule has 2 aromatic rings. The lowest BCUT2D eigenvalue weighted by atomic mass is 10.2. The van der Waals surface area contributed by atoms with Crippen LogP contribution in [0.15, 0.2) is 23.1 Å². The van der Waals surface area contributed by atoms with Crippen LogP contribution in [-0.4, -0.2) is 9.97 Å². The van der Waals surface area contributed by atoms with E-state index in [-0.39, 0.29) is 5.56 Å². The molecule has 0 saturated carbocycles. The Morgan fingerprint density at radius 1 is 1.50 bits per heavy atom. The molecule has 58 valence electrons. The predicted molar refractivity (Wildman–Crippen MR) is 43.6 cm³/mol. The van der Waals surface area contributed by atoms with Gasteiger partial charge in [0, 0.05) is 17.6 Å². The number of hydrogen-bond donors (Lipinski definition) is 2. The van der Waals surface area contributed by atoms with E-state index >= 15 is 0 Å². The van der Waals surface area contributed by atoms with E-state index in [4.69, 9.17) is 5.26 Å². The van der Waals surface area contributed by atoms with Crippen LogP contribution < -0.4 is 5.56 Å². The Balaban J connectivity index is 3.01. The molecule has 2 N–H and O–H groups in total. The van der Waals surface area contributed by atoms with Crippen LogP contribution in [0.4, 0.5) is 0 Å². The van der Waals surface area contributed by atoms with E-state index in [0.29, 0.717) is 11.2 Å². The van der Waals surface area contributed by atoms with Gasteiger partial charge in [0.15, 0.2) is 0 Å². The van der Waals surface area contributed by atoms with Gasteiger partial charge in [0.1, 0.15) is 11.7 Å². The van der Waals surface area contributed by atoms with Crippen molar-refractivity contribution in [3.8, 4) is 6.07 Å². The van der Waals surface area contributed by atoms with Crippen molar-refractivity contribution in [2.24, 2.45) is 0 Å². The van der Waals surface area contributed by atoms with Crippen LogP contribution in [-0.2, 0) is 0 Å². The summed E-state index contributed by atoms with van der Waals surface area (Å²) < 4.78 is 0. The SMILES string of the molecule is N#Cc1cc(=O)[nH]c2[nH]ccc12. The predicted octanol–water partition coefficient (Wildman–Crippen LogP) is 0.728. The highest BCUT2D eigenvalue weighted by molar-refractivity contribution is 5.81. The molecule has 2 heterocycles. The van der Waals surface area contributed by atoms with Crippen molar-refractivity contribution >= 4 is 11.0 Å².